The van der Waals surface area contributed by atoms with Crippen LogP contribution in [0.15, 0.2) is 12.2 Å². The number of nitrogens with zero attached hydrogens (tertiary/aromatic N) is 2. The first-order chi connectivity index (χ1) is 16.0. The third-order valence-corrected chi connectivity index (χ3v) is 7.23. The van der Waals surface area contributed by atoms with E-state index in [1.54, 1.807) is 11.9 Å². The molecule has 0 radical (unpaired) electrons. The molecule has 0 aromatic carbocycles. The van der Waals surface area contributed by atoms with Crippen LogP contribution in [-0.4, -0.2) is 98.3 Å². The van der Waals surface area contributed by atoms with E-state index in [1.165, 1.54) is 0 Å². The molecule has 3 N–H and O–H groups in total. The highest BCUT2D eigenvalue weighted by molar-refractivity contribution is 5.96. The van der Waals surface area contributed by atoms with E-state index >= 15 is 0 Å². The molecule has 3 amide bonds. The Bertz CT molecular complexity index is 709. The van der Waals surface area contributed by atoms with Crippen molar-refractivity contribution in [1.29, 1.82) is 0 Å². The molecule has 2 saturated heterocycles. The van der Waals surface area contributed by atoms with Crippen LogP contribution in [0.4, 0.5) is 0 Å². The minimum absolute atomic E-state index is 0.0651. The molecule has 0 aromatic heterocycles. The minimum atomic E-state index is -0.596. The monoisotopic (exact) mass is 464 g/mol. The Morgan fingerprint density at radius 3 is 2.52 bits per heavy atom. The van der Waals surface area contributed by atoms with E-state index in [9.17, 15) is 14.4 Å². The predicted octanol–water partition coefficient (Wildman–Crippen LogP) is -0.00120. The van der Waals surface area contributed by atoms with Gasteiger partial charge in [0.05, 0.1) is 25.0 Å². The molecule has 1 aliphatic carbocycles. The highest BCUT2D eigenvalue weighted by Crippen LogP contribution is 2.44. The van der Waals surface area contributed by atoms with Gasteiger partial charge in [-0.2, -0.15) is 0 Å². The Hall–Kier alpha value is -1.97. The van der Waals surface area contributed by atoms with E-state index in [1.807, 2.05) is 19.1 Å². The molecule has 9 heteroatoms. The summed E-state index contributed by atoms with van der Waals surface area (Å²) >= 11 is 0. The SMILES string of the molecule is CNC(=O)[C@H]1[C@@H]2C(=O)N(CCCCCCO)[C@H](C(=O)NCCN3CCOCC3)[C@H]2C=C[C@H]1C. The molecule has 33 heavy (non-hydrogen) atoms. The number of amides is 3. The first-order valence-corrected chi connectivity index (χ1v) is 12.4. The summed E-state index contributed by atoms with van der Waals surface area (Å²) < 4.78 is 5.38. The number of morpholine rings is 1. The van der Waals surface area contributed by atoms with Crippen molar-refractivity contribution >= 4 is 17.7 Å². The van der Waals surface area contributed by atoms with Crippen LogP contribution < -0.4 is 10.6 Å². The summed E-state index contributed by atoms with van der Waals surface area (Å²) in [4.78, 5) is 43.5. The van der Waals surface area contributed by atoms with Gasteiger partial charge in [-0.25, -0.2) is 0 Å². The standard InChI is InChI=1S/C24H40N4O5/c1-17-7-8-18-20(19(17)22(30)25-2)24(32)28(10-5-3-4-6-14-29)21(18)23(31)26-9-11-27-12-15-33-16-13-27/h7-8,17-21,29H,3-6,9-16H2,1-2H3,(H,25,30)(H,26,31)/t17-,18+,19-,20-,21+/m1/s1. The molecule has 0 spiro atoms. The van der Waals surface area contributed by atoms with E-state index in [-0.39, 0.29) is 36.2 Å². The quantitative estimate of drug-likeness (QED) is 0.293. The minimum Gasteiger partial charge on any atom is -0.396 e. The van der Waals surface area contributed by atoms with Crippen LogP contribution in [0, 0.1) is 23.7 Å². The van der Waals surface area contributed by atoms with Gasteiger partial charge in [-0.1, -0.05) is 31.9 Å². The van der Waals surface area contributed by atoms with Gasteiger partial charge in [0, 0.05) is 52.3 Å². The Labute approximate surface area is 196 Å². The lowest BCUT2D eigenvalue weighted by atomic mass is 9.70. The average Bonchev–Trinajstić information content (AvgIpc) is 3.10. The molecule has 0 unspecified atom stereocenters. The maximum atomic E-state index is 13.5. The summed E-state index contributed by atoms with van der Waals surface area (Å²) in [5.41, 5.74) is 0. The van der Waals surface area contributed by atoms with Crippen LogP contribution >= 0.6 is 0 Å². The highest BCUT2D eigenvalue weighted by Gasteiger charge is 2.56. The Morgan fingerprint density at radius 1 is 1.09 bits per heavy atom. The van der Waals surface area contributed by atoms with Gasteiger partial charge in [-0.3, -0.25) is 19.3 Å². The summed E-state index contributed by atoms with van der Waals surface area (Å²) in [6.07, 6.45) is 7.24. The summed E-state index contributed by atoms with van der Waals surface area (Å²) in [6.45, 7) is 7.01. The second kappa shape index (κ2) is 12.5. The number of nitrogens with one attached hydrogen (secondary N) is 2. The second-order valence-electron chi connectivity index (χ2n) is 9.35. The van der Waals surface area contributed by atoms with Crippen molar-refractivity contribution in [2.45, 2.75) is 38.6 Å². The fraction of sp³-hybridized carbons (Fsp3) is 0.792. The second-order valence-corrected chi connectivity index (χ2v) is 9.35. The van der Waals surface area contributed by atoms with Gasteiger partial charge in [0.15, 0.2) is 0 Å². The van der Waals surface area contributed by atoms with Crippen LogP contribution in [-0.2, 0) is 19.1 Å². The van der Waals surface area contributed by atoms with Crippen molar-refractivity contribution in [3.63, 3.8) is 0 Å². The number of aliphatic hydroxyl groups excluding tert-OH is 1. The van der Waals surface area contributed by atoms with E-state index in [0.717, 1.165) is 45.3 Å². The maximum Gasteiger partial charge on any atom is 0.243 e. The fourth-order valence-electron chi connectivity index (χ4n) is 5.41. The number of likely N-dealkylation sites (tertiary alicyclic amines) is 1. The summed E-state index contributed by atoms with van der Waals surface area (Å²) in [6, 6.07) is -0.596. The van der Waals surface area contributed by atoms with Crippen molar-refractivity contribution in [3.05, 3.63) is 12.2 Å². The molecule has 0 bridgehead atoms. The van der Waals surface area contributed by atoms with E-state index < -0.39 is 17.9 Å². The molecular weight excluding hydrogens is 424 g/mol. The molecule has 3 rings (SSSR count). The number of ether oxygens (including phenoxy) is 1. The molecule has 2 heterocycles. The number of hydrogen-bond donors (Lipinski definition) is 3. The van der Waals surface area contributed by atoms with Gasteiger partial charge in [0.1, 0.15) is 6.04 Å². The van der Waals surface area contributed by atoms with Gasteiger partial charge in [0.2, 0.25) is 17.7 Å². The Balaban J connectivity index is 1.71. The smallest absolute Gasteiger partial charge is 0.243 e. The van der Waals surface area contributed by atoms with Crippen molar-refractivity contribution in [2.24, 2.45) is 23.7 Å². The molecular formula is C24H40N4O5. The number of fused-ring (bicyclic) bond motifs is 1. The number of hydrogen-bond acceptors (Lipinski definition) is 6. The molecule has 186 valence electrons. The predicted molar refractivity (Wildman–Crippen MR) is 124 cm³/mol. The first kappa shape index (κ1) is 25.6. The highest BCUT2D eigenvalue weighted by atomic mass is 16.5. The van der Waals surface area contributed by atoms with Crippen molar-refractivity contribution < 1.29 is 24.2 Å². The number of rotatable bonds is 11. The van der Waals surface area contributed by atoms with E-state index in [4.69, 9.17) is 9.84 Å². The van der Waals surface area contributed by atoms with Crippen LogP contribution in [0.2, 0.25) is 0 Å². The number of carbonyl (C=O) groups excluding carboxylic acids is 3. The molecule has 9 nitrogen and oxygen atoms in total. The zero-order valence-corrected chi connectivity index (χ0v) is 20.0. The number of unbranched alkanes of at least 4 members (excludes halogenated alkanes) is 3. The first-order valence-electron chi connectivity index (χ1n) is 12.4. The number of allylic oxidation sites excluding steroid dienone is 1. The Morgan fingerprint density at radius 2 is 1.82 bits per heavy atom. The van der Waals surface area contributed by atoms with Gasteiger partial charge in [0.25, 0.3) is 0 Å². The lowest BCUT2D eigenvalue weighted by Gasteiger charge is -2.32. The van der Waals surface area contributed by atoms with Crippen LogP contribution in [0.3, 0.4) is 0 Å². The summed E-state index contributed by atoms with van der Waals surface area (Å²) in [5, 5.41) is 14.8. The van der Waals surface area contributed by atoms with Crippen LogP contribution in [0.25, 0.3) is 0 Å². The van der Waals surface area contributed by atoms with Crippen LogP contribution in [0.1, 0.15) is 32.6 Å². The normalized spacial score (nSPS) is 29.7. The lowest BCUT2D eigenvalue weighted by molar-refractivity contribution is -0.140. The number of carbonyl (C=O) groups is 3. The van der Waals surface area contributed by atoms with Gasteiger partial charge in [-0.15, -0.1) is 0 Å². The molecule has 2 fully saturated rings. The molecule has 3 aliphatic rings. The Kier molecular flexibility index (Phi) is 9.70. The van der Waals surface area contributed by atoms with Gasteiger partial charge in [-0.05, 0) is 18.8 Å². The summed E-state index contributed by atoms with van der Waals surface area (Å²) in [5.74, 6) is -1.75. The largest absolute Gasteiger partial charge is 0.396 e. The zero-order chi connectivity index (χ0) is 23.8. The zero-order valence-electron chi connectivity index (χ0n) is 20.0. The van der Waals surface area contributed by atoms with Crippen LogP contribution in [0.5, 0.6) is 0 Å². The lowest BCUT2D eigenvalue weighted by Crippen LogP contribution is -2.49. The molecule has 2 aliphatic heterocycles. The maximum absolute atomic E-state index is 13.5. The third-order valence-electron chi connectivity index (χ3n) is 7.23. The molecule has 5 atom stereocenters. The van der Waals surface area contributed by atoms with Gasteiger partial charge < -0.3 is 25.4 Å². The number of aliphatic hydroxyl groups is 1. The van der Waals surface area contributed by atoms with Crippen molar-refractivity contribution in [3.8, 4) is 0 Å². The van der Waals surface area contributed by atoms with Crippen molar-refractivity contribution in [1.82, 2.24) is 20.4 Å². The third kappa shape index (κ3) is 6.13. The molecule has 0 saturated carbocycles. The average molecular weight is 465 g/mol. The van der Waals surface area contributed by atoms with E-state index in [2.05, 4.69) is 15.5 Å². The fourth-order valence-corrected chi connectivity index (χ4v) is 5.41. The molecule has 0 aromatic rings. The van der Waals surface area contributed by atoms with Gasteiger partial charge >= 0.3 is 0 Å². The summed E-state index contributed by atoms with van der Waals surface area (Å²) in [7, 11) is 1.59. The topological polar surface area (TPSA) is 111 Å². The van der Waals surface area contributed by atoms with Crippen molar-refractivity contribution in [2.75, 3.05) is 59.6 Å². The van der Waals surface area contributed by atoms with E-state index in [0.29, 0.717) is 26.3 Å².